The lowest BCUT2D eigenvalue weighted by Crippen LogP contribution is -2.03. The fraction of sp³-hybridized carbons (Fsp3) is 0.333. The molecule has 0 aliphatic heterocycles. The van der Waals surface area contributed by atoms with Gasteiger partial charge in [-0.25, -0.2) is 0 Å². The molecule has 1 aromatic heterocycles. The van der Waals surface area contributed by atoms with Crippen LogP contribution >= 0.6 is 0 Å². The van der Waals surface area contributed by atoms with Crippen LogP contribution in [0.25, 0.3) is 0 Å². The van der Waals surface area contributed by atoms with Gasteiger partial charge in [0.2, 0.25) is 5.78 Å². The Bertz CT molecular complexity index is 544. The van der Waals surface area contributed by atoms with Crippen molar-refractivity contribution in [2.24, 2.45) is 7.05 Å². The van der Waals surface area contributed by atoms with E-state index >= 15 is 0 Å². The van der Waals surface area contributed by atoms with E-state index in [1.165, 1.54) is 0 Å². The molecule has 0 aliphatic rings. The first kappa shape index (κ1) is 13.3. The van der Waals surface area contributed by atoms with Crippen LogP contribution < -0.4 is 4.74 Å². The summed E-state index contributed by atoms with van der Waals surface area (Å²) in [6, 6.07) is 8.92. The van der Waals surface area contributed by atoms with E-state index in [0.29, 0.717) is 17.9 Å². The molecule has 0 saturated carbocycles. The molecular weight excluding hydrogens is 240 g/mol. The maximum atomic E-state index is 12.1. The summed E-state index contributed by atoms with van der Waals surface area (Å²) in [6.45, 7) is 2.84. The lowest BCUT2D eigenvalue weighted by atomic mass is 10.1. The first-order valence-electron chi connectivity index (χ1n) is 6.48. The van der Waals surface area contributed by atoms with Crippen molar-refractivity contribution in [3.63, 3.8) is 0 Å². The van der Waals surface area contributed by atoms with Gasteiger partial charge in [0.1, 0.15) is 11.4 Å². The smallest absolute Gasteiger partial charge is 0.213 e. The molecule has 0 unspecified atom stereocenters. The molecule has 2 aromatic rings. The Morgan fingerprint density at radius 1 is 1.26 bits per heavy atom. The molecule has 0 radical (unpaired) electrons. The number of hydrogen-bond acceptors (Lipinski definition) is 3. The number of aryl methyl sites for hydroxylation is 1. The van der Waals surface area contributed by atoms with Crippen molar-refractivity contribution < 1.29 is 9.53 Å². The van der Waals surface area contributed by atoms with Crippen LogP contribution in [0.2, 0.25) is 0 Å². The van der Waals surface area contributed by atoms with Gasteiger partial charge < -0.3 is 4.74 Å². The van der Waals surface area contributed by atoms with E-state index in [2.05, 4.69) is 12.0 Å². The molecule has 100 valence electrons. The van der Waals surface area contributed by atoms with Gasteiger partial charge in [-0.1, -0.05) is 13.3 Å². The van der Waals surface area contributed by atoms with Gasteiger partial charge >= 0.3 is 0 Å². The molecule has 4 nitrogen and oxygen atoms in total. The number of aromatic nitrogens is 2. The number of rotatable bonds is 6. The first-order chi connectivity index (χ1) is 9.20. The van der Waals surface area contributed by atoms with E-state index < -0.39 is 0 Å². The summed E-state index contributed by atoms with van der Waals surface area (Å²) in [5.41, 5.74) is 1.09. The zero-order valence-electron chi connectivity index (χ0n) is 11.3. The third kappa shape index (κ3) is 3.44. The summed E-state index contributed by atoms with van der Waals surface area (Å²) in [5, 5.41) is 4.11. The highest BCUT2D eigenvalue weighted by Crippen LogP contribution is 2.15. The summed E-state index contributed by atoms with van der Waals surface area (Å²) in [5.74, 6) is 0.728. The average Bonchev–Trinajstić information content (AvgIpc) is 2.86. The van der Waals surface area contributed by atoms with Crippen LogP contribution in [0.3, 0.4) is 0 Å². The average molecular weight is 258 g/mol. The van der Waals surface area contributed by atoms with Gasteiger partial charge in [0.25, 0.3) is 0 Å². The second-order valence-corrected chi connectivity index (χ2v) is 4.43. The van der Waals surface area contributed by atoms with Crippen molar-refractivity contribution in [1.82, 2.24) is 9.78 Å². The maximum absolute atomic E-state index is 12.1. The molecule has 0 amide bonds. The van der Waals surface area contributed by atoms with Crippen molar-refractivity contribution in [1.29, 1.82) is 0 Å². The number of carbonyl (C=O) groups is 1. The van der Waals surface area contributed by atoms with E-state index in [0.717, 1.165) is 18.6 Å². The molecule has 0 spiro atoms. The first-order valence-corrected chi connectivity index (χ1v) is 6.48. The summed E-state index contributed by atoms with van der Waals surface area (Å²) in [7, 11) is 1.79. The Balaban J connectivity index is 2.03. The van der Waals surface area contributed by atoms with Crippen LogP contribution in [0.5, 0.6) is 5.75 Å². The molecular formula is C15H18N2O2. The summed E-state index contributed by atoms with van der Waals surface area (Å²) in [6.07, 6.45) is 3.90. The Labute approximate surface area is 113 Å². The van der Waals surface area contributed by atoms with Crippen LogP contribution in [0.1, 0.15) is 35.8 Å². The predicted molar refractivity (Wildman–Crippen MR) is 73.5 cm³/mol. The van der Waals surface area contributed by atoms with Crippen molar-refractivity contribution in [3.8, 4) is 5.75 Å². The zero-order valence-corrected chi connectivity index (χ0v) is 11.3. The van der Waals surface area contributed by atoms with Crippen LogP contribution in [0.4, 0.5) is 0 Å². The van der Waals surface area contributed by atoms with Gasteiger partial charge in [0.05, 0.1) is 6.61 Å². The fourth-order valence-corrected chi connectivity index (χ4v) is 1.72. The molecule has 1 aromatic carbocycles. The highest BCUT2D eigenvalue weighted by atomic mass is 16.5. The van der Waals surface area contributed by atoms with Gasteiger partial charge in [0, 0.05) is 18.8 Å². The number of hydrogen-bond donors (Lipinski definition) is 0. The summed E-state index contributed by atoms with van der Waals surface area (Å²) >= 11 is 0. The number of benzene rings is 1. The SMILES string of the molecule is CCCCOc1ccc(C(=O)c2ccn(C)n2)cc1. The topological polar surface area (TPSA) is 44.1 Å². The van der Waals surface area contributed by atoms with Crippen LogP contribution in [-0.4, -0.2) is 22.2 Å². The van der Waals surface area contributed by atoms with Crippen molar-refractivity contribution in [2.75, 3.05) is 6.61 Å². The largest absolute Gasteiger partial charge is 0.494 e. The third-order valence-corrected chi connectivity index (χ3v) is 2.83. The molecule has 0 N–H and O–H groups in total. The zero-order chi connectivity index (χ0) is 13.7. The quantitative estimate of drug-likeness (QED) is 0.591. The van der Waals surface area contributed by atoms with Gasteiger partial charge in [0.15, 0.2) is 0 Å². The monoisotopic (exact) mass is 258 g/mol. The van der Waals surface area contributed by atoms with Crippen molar-refractivity contribution in [3.05, 3.63) is 47.8 Å². The van der Waals surface area contributed by atoms with Gasteiger partial charge in [-0.2, -0.15) is 5.10 Å². The molecule has 2 rings (SSSR count). The molecule has 0 saturated heterocycles. The molecule has 0 fully saturated rings. The van der Waals surface area contributed by atoms with Crippen LogP contribution in [-0.2, 0) is 7.05 Å². The highest BCUT2D eigenvalue weighted by Gasteiger charge is 2.11. The number of unbranched alkanes of at least 4 members (excludes halogenated alkanes) is 1. The second kappa shape index (κ2) is 6.18. The van der Waals surface area contributed by atoms with Crippen molar-refractivity contribution >= 4 is 5.78 Å². The second-order valence-electron chi connectivity index (χ2n) is 4.43. The predicted octanol–water partition coefficient (Wildman–Crippen LogP) is 2.83. The molecule has 4 heteroatoms. The molecule has 1 heterocycles. The fourth-order valence-electron chi connectivity index (χ4n) is 1.72. The van der Waals surface area contributed by atoms with E-state index in [1.807, 2.05) is 12.1 Å². The molecule has 0 atom stereocenters. The molecule has 0 bridgehead atoms. The van der Waals surface area contributed by atoms with E-state index in [-0.39, 0.29) is 5.78 Å². The standard InChI is InChI=1S/C15H18N2O2/c1-3-4-11-19-13-7-5-12(6-8-13)15(18)14-9-10-17(2)16-14/h5-10H,3-4,11H2,1-2H3. The third-order valence-electron chi connectivity index (χ3n) is 2.83. The normalized spacial score (nSPS) is 10.4. The van der Waals surface area contributed by atoms with E-state index in [9.17, 15) is 4.79 Å². The minimum atomic E-state index is -0.0688. The molecule has 19 heavy (non-hydrogen) atoms. The lowest BCUT2D eigenvalue weighted by Gasteiger charge is -2.05. The Morgan fingerprint density at radius 3 is 2.58 bits per heavy atom. The van der Waals surface area contributed by atoms with Crippen LogP contribution in [0.15, 0.2) is 36.5 Å². The minimum absolute atomic E-state index is 0.0688. The highest BCUT2D eigenvalue weighted by molar-refractivity contribution is 6.07. The van der Waals surface area contributed by atoms with Gasteiger partial charge in [-0.15, -0.1) is 0 Å². The van der Waals surface area contributed by atoms with E-state index in [1.54, 1.807) is 36.1 Å². The Hall–Kier alpha value is -2.10. The Kier molecular flexibility index (Phi) is 4.34. The summed E-state index contributed by atoms with van der Waals surface area (Å²) in [4.78, 5) is 12.1. The number of carbonyl (C=O) groups excluding carboxylic acids is 1. The molecule has 0 aliphatic carbocycles. The number of nitrogens with zero attached hydrogens (tertiary/aromatic N) is 2. The number of ether oxygens (including phenoxy) is 1. The Morgan fingerprint density at radius 2 is 2.00 bits per heavy atom. The van der Waals surface area contributed by atoms with Crippen molar-refractivity contribution in [2.45, 2.75) is 19.8 Å². The lowest BCUT2D eigenvalue weighted by molar-refractivity contribution is 0.103. The number of ketones is 1. The minimum Gasteiger partial charge on any atom is -0.494 e. The van der Waals surface area contributed by atoms with E-state index in [4.69, 9.17) is 4.74 Å². The van der Waals surface area contributed by atoms with Gasteiger partial charge in [-0.05, 0) is 36.8 Å². The van der Waals surface area contributed by atoms with Gasteiger partial charge in [-0.3, -0.25) is 9.48 Å². The maximum Gasteiger partial charge on any atom is 0.213 e. The van der Waals surface area contributed by atoms with Crippen LogP contribution in [0, 0.1) is 0 Å². The summed E-state index contributed by atoms with van der Waals surface area (Å²) < 4.78 is 7.18.